The van der Waals surface area contributed by atoms with Crippen LogP contribution in [0.4, 0.5) is 0 Å². The molecule has 0 unspecified atom stereocenters. The molecule has 0 saturated heterocycles. The Bertz CT molecular complexity index is 2540. The van der Waals surface area contributed by atoms with E-state index in [1.807, 2.05) is 36.4 Å². The first-order valence-corrected chi connectivity index (χ1v) is 15.0. The van der Waals surface area contributed by atoms with E-state index in [0.717, 1.165) is 60.2 Å². The molecule has 2 aromatic heterocycles. The van der Waals surface area contributed by atoms with Crippen molar-refractivity contribution in [2.75, 3.05) is 0 Å². The van der Waals surface area contributed by atoms with Crippen molar-refractivity contribution in [3.8, 4) is 45.3 Å². The summed E-state index contributed by atoms with van der Waals surface area (Å²) in [6.07, 6.45) is 0. The lowest BCUT2D eigenvalue weighted by atomic mass is 9.99. The van der Waals surface area contributed by atoms with Crippen LogP contribution >= 0.6 is 0 Å². The summed E-state index contributed by atoms with van der Waals surface area (Å²) in [6.45, 7) is 0. The SMILES string of the molecule is c1ccc(-c2ccc3ccc(-c4nc(-c5cccc6ccccc56)nc(-c5cccc6oc7ccccc7c56)n4)cc3c2)cc1. The summed E-state index contributed by atoms with van der Waals surface area (Å²) in [4.78, 5) is 15.4. The smallest absolute Gasteiger partial charge is 0.164 e. The first kappa shape index (κ1) is 25.4. The summed E-state index contributed by atoms with van der Waals surface area (Å²) in [5, 5.41) is 6.57. The van der Waals surface area contributed by atoms with Gasteiger partial charge in [0.1, 0.15) is 11.2 Å². The molecular weight excluding hydrogens is 550 g/mol. The van der Waals surface area contributed by atoms with Crippen LogP contribution in [0.2, 0.25) is 0 Å². The van der Waals surface area contributed by atoms with Crippen LogP contribution < -0.4 is 0 Å². The Labute approximate surface area is 259 Å². The predicted octanol–water partition coefficient (Wildman–Crippen LogP) is 10.7. The third-order valence-corrected chi connectivity index (χ3v) is 8.51. The molecule has 0 N–H and O–H groups in total. The lowest BCUT2D eigenvalue weighted by Crippen LogP contribution is -2.01. The zero-order chi connectivity index (χ0) is 29.7. The fourth-order valence-corrected chi connectivity index (χ4v) is 6.32. The van der Waals surface area contributed by atoms with E-state index in [4.69, 9.17) is 19.4 Å². The summed E-state index contributed by atoms with van der Waals surface area (Å²) in [6, 6.07) is 52.3. The Hall–Kier alpha value is -6.13. The van der Waals surface area contributed by atoms with Crippen molar-refractivity contribution in [2.45, 2.75) is 0 Å². The van der Waals surface area contributed by atoms with Crippen molar-refractivity contribution in [3.63, 3.8) is 0 Å². The zero-order valence-electron chi connectivity index (χ0n) is 24.2. The topological polar surface area (TPSA) is 51.8 Å². The quantitative estimate of drug-likeness (QED) is 0.209. The third kappa shape index (κ3) is 4.35. The molecular formula is C41H25N3O. The molecule has 0 atom stereocenters. The van der Waals surface area contributed by atoms with Crippen molar-refractivity contribution in [1.82, 2.24) is 15.0 Å². The van der Waals surface area contributed by atoms with Gasteiger partial charge in [-0.25, -0.2) is 15.0 Å². The fraction of sp³-hybridized carbons (Fsp3) is 0. The summed E-state index contributed by atoms with van der Waals surface area (Å²) in [5.41, 5.74) is 6.82. The van der Waals surface area contributed by atoms with Crippen LogP contribution in [0.1, 0.15) is 0 Å². The maximum atomic E-state index is 6.23. The van der Waals surface area contributed by atoms with Gasteiger partial charge < -0.3 is 4.42 Å². The van der Waals surface area contributed by atoms with Gasteiger partial charge in [-0.2, -0.15) is 0 Å². The Morgan fingerprint density at radius 1 is 0.356 bits per heavy atom. The Kier molecular flexibility index (Phi) is 5.78. The second kappa shape index (κ2) is 10.2. The van der Waals surface area contributed by atoms with E-state index in [1.54, 1.807) is 0 Å². The van der Waals surface area contributed by atoms with Crippen LogP contribution in [0.3, 0.4) is 0 Å². The average molecular weight is 576 g/mol. The minimum absolute atomic E-state index is 0.609. The molecule has 45 heavy (non-hydrogen) atoms. The molecule has 0 aliphatic heterocycles. The highest BCUT2D eigenvalue weighted by Crippen LogP contribution is 2.37. The molecule has 0 aliphatic rings. The van der Waals surface area contributed by atoms with E-state index >= 15 is 0 Å². The number of fused-ring (bicyclic) bond motifs is 5. The third-order valence-electron chi connectivity index (χ3n) is 8.51. The van der Waals surface area contributed by atoms with Crippen LogP contribution in [0.25, 0.3) is 88.8 Å². The van der Waals surface area contributed by atoms with Crippen molar-refractivity contribution >= 4 is 43.5 Å². The number of furan rings is 1. The van der Waals surface area contributed by atoms with Crippen LogP contribution in [-0.2, 0) is 0 Å². The van der Waals surface area contributed by atoms with Gasteiger partial charge in [0.2, 0.25) is 0 Å². The molecule has 4 nitrogen and oxygen atoms in total. The van der Waals surface area contributed by atoms with Crippen molar-refractivity contribution in [2.24, 2.45) is 0 Å². The summed E-state index contributed by atoms with van der Waals surface area (Å²) >= 11 is 0. The van der Waals surface area contributed by atoms with Crippen molar-refractivity contribution < 1.29 is 4.42 Å². The maximum absolute atomic E-state index is 6.23. The first-order chi connectivity index (χ1) is 22.3. The minimum Gasteiger partial charge on any atom is -0.456 e. The molecule has 9 aromatic rings. The predicted molar refractivity (Wildman–Crippen MR) is 184 cm³/mol. The maximum Gasteiger partial charge on any atom is 0.164 e. The monoisotopic (exact) mass is 575 g/mol. The van der Waals surface area contributed by atoms with Gasteiger partial charge >= 0.3 is 0 Å². The fourth-order valence-electron chi connectivity index (χ4n) is 6.32. The van der Waals surface area contributed by atoms with Gasteiger partial charge in [-0.05, 0) is 56.9 Å². The largest absolute Gasteiger partial charge is 0.456 e. The van der Waals surface area contributed by atoms with E-state index < -0.39 is 0 Å². The van der Waals surface area contributed by atoms with Crippen LogP contribution in [0, 0.1) is 0 Å². The van der Waals surface area contributed by atoms with E-state index in [9.17, 15) is 0 Å². The van der Waals surface area contributed by atoms with Gasteiger partial charge in [0.05, 0.1) is 0 Å². The van der Waals surface area contributed by atoms with E-state index in [1.165, 1.54) is 11.1 Å². The standard InChI is InChI=1S/C41H25N3O/c1-2-10-26(11-3-1)29-22-20-27-21-23-30(25-31(27)24-29)39-42-40(33-16-8-13-28-12-4-5-14-32(28)33)44-41(43-39)35-17-9-19-37-38(35)34-15-6-7-18-36(34)45-37/h1-25H. The number of rotatable bonds is 4. The molecule has 0 radical (unpaired) electrons. The van der Waals surface area contributed by atoms with Gasteiger partial charge in [0, 0.05) is 27.5 Å². The highest BCUT2D eigenvalue weighted by Gasteiger charge is 2.18. The van der Waals surface area contributed by atoms with Gasteiger partial charge in [0.25, 0.3) is 0 Å². The van der Waals surface area contributed by atoms with Crippen LogP contribution in [0.5, 0.6) is 0 Å². The van der Waals surface area contributed by atoms with Gasteiger partial charge in [-0.3, -0.25) is 0 Å². The summed E-state index contributed by atoms with van der Waals surface area (Å²) in [7, 11) is 0. The van der Waals surface area contributed by atoms with Crippen molar-refractivity contribution in [3.05, 3.63) is 152 Å². The lowest BCUT2D eigenvalue weighted by Gasteiger charge is -2.11. The molecule has 0 amide bonds. The molecule has 210 valence electrons. The molecule has 0 aliphatic carbocycles. The van der Waals surface area contributed by atoms with Crippen molar-refractivity contribution in [1.29, 1.82) is 0 Å². The molecule has 2 heterocycles. The van der Waals surface area contributed by atoms with Crippen LogP contribution in [0.15, 0.2) is 156 Å². The highest BCUT2D eigenvalue weighted by molar-refractivity contribution is 6.11. The average Bonchev–Trinajstić information content (AvgIpc) is 3.50. The molecule has 9 rings (SSSR count). The van der Waals surface area contributed by atoms with E-state index in [-0.39, 0.29) is 0 Å². The molecule has 0 bridgehead atoms. The number of nitrogens with zero attached hydrogens (tertiary/aromatic N) is 3. The molecule has 0 spiro atoms. The number of aromatic nitrogens is 3. The van der Waals surface area contributed by atoms with Gasteiger partial charge in [0.15, 0.2) is 17.5 Å². The minimum atomic E-state index is 0.609. The molecule has 7 aromatic carbocycles. The Morgan fingerprint density at radius 3 is 1.87 bits per heavy atom. The number of para-hydroxylation sites is 1. The Morgan fingerprint density at radius 2 is 0.978 bits per heavy atom. The van der Waals surface area contributed by atoms with Gasteiger partial charge in [-0.1, -0.05) is 127 Å². The van der Waals surface area contributed by atoms with Crippen LogP contribution in [-0.4, -0.2) is 15.0 Å². The second-order valence-electron chi connectivity index (χ2n) is 11.3. The summed E-state index contributed by atoms with van der Waals surface area (Å²) in [5.74, 6) is 1.87. The highest BCUT2D eigenvalue weighted by atomic mass is 16.3. The summed E-state index contributed by atoms with van der Waals surface area (Å²) < 4.78 is 6.23. The number of hydrogen-bond acceptors (Lipinski definition) is 4. The zero-order valence-corrected chi connectivity index (χ0v) is 24.2. The Balaban J connectivity index is 1.29. The molecule has 4 heteroatoms. The first-order valence-electron chi connectivity index (χ1n) is 15.0. The number of benzene rings is 7. The van der Waals surface area contributed by atoms with Gasteiger partial charge in [-0.15, -0.1) is 0 Å². The lowest BCUT2D eigenvalue weighted by molar-refractivity contribution is 0.669. The normalized spacial score (nSPS) is 11.6. The second-order valence-corrected chi connectivity index (χ2v) is 11.3. The molecule has 0 saturated carbocycles. The van der Waals surface area contributed by atoms with E-state index in [2.05, 4.69) is 115 Å². The van der Waals surface area contributed by atoms with E-state index in [0.29, 0.717) is 17.5 Å². The molecule has 0 fully saturated rings. The number of hydrogen-bond donors (Lipinski definition) is 0.